The lowest BCUT2D eigenvalue weighted by molar-refractivity contribution is -0.131. The molecule has 2 aromatic carbocycles. The van der Waals surface area contributed by atoms with E-state index in [-0.39, 0.29) is 23.5 Å². The number of hydrogen-bond acceptors (Lipinski definition) is 6. The van der Waals surface area contributed by atoms with Crippen LogP contribution in [0.25, 0.3) is 0 Å². The molecule has 0 aromatic heterocycles. The lowest BCUT2D eigenvalue weighted by Gasteiger charge is -2.25. The molecule has 0 aliphatic carbocycles. The minimum absolute atomic E-state index is 0.167. The van der Waals surface area contributed by atoms with E-state index >= 15 is 0 Å². The number of phenolic OH excluding ortho intramolecular Hbond substituents is 1. The molecule has 2 rings (SSSR count). The van der Waals surface area contributed by atoms with Gasteiger partial charge in [0.1, 0.15) is 11.9 Å². The van der Waals surface area contributed by atoms with Crippen molar-refractivity contribution in [3.63, 3.8) is 0 Å². The molecule has 158 valence electrons. The fraction of sp³-hybridized carbons (Fsp3) is 0.190. The number of benzene rings is 2. The largest absolute Gasteiger partial charge is 0.508 e. The summed E-state index contributed by atoms with van der Waals surface area (Å²) in [7, 11) is 0. The number of aliphatic carboxylic acids is 1. The standard InChI is InChI=1S/C21H20BrNO7/c1-2-29-17(10-11-18(25)26)19(15-12-14(22)8-9-16(15)24)30-21(28)23-20(27)13-6-4-3-5-7-13/h3-12,17,19,24H,2H2,1H3,(H,25,26)(H,23,27,28)/b11-10+/t17-,19-/m0/s1. The Bertz CT molecular complexity index is 930. The number of amides is 2. The second kappa shape index (κ2) is 11.1. The number of carboxylic acids is 1. The number of imide groups is 1. The van der Waals surface area contributed by atoms with Crippen LogP contribution in [0.1, 0.15) is 28.9 Å². The van der Waals surface area contributed by atoms with Crippen molar-refractivity contribution in [2.24, 2.45) is 0 Å². The summed E-state index contributed by atoms with van der Waals surface area (Å²) < 4.78 is 11.5. The third-order valence-electron chi connectivity index (χ3n) is 3.87. The Labute approximate surface area is 181 Å². The average Bonchev–Trinajstić information content (AvgIpc) is 2.72. The first-order valence-corrected chi connectivity index (χ1v) is 9.69. The number of ether oxygens (including phenoxy) is 2. The molecule has 0 radical (unpaired) electrons. The lowest BCUT2D eigenvalue weighted by Crippen LogP contribution is -2.35. The molecule has 0 bridgehead atoms. The Morgan fingerprint density at radius 1 is 1.17 bits per heavy atom. The minimum Gasteiger partial charge on any atom is -0.508 e. The van der Waals surface area contributed by atoms with Crippen molar-refractivity contribution in [2.75, 3.05) is 6.61 Å². The zero-order valence-corrected chi connectivity index (χ0v) is 17.5. The van der Waals surface area contributed by atoms with Gasteiger partial charge in [0, 0.05) is 28.3 Å². The van der Waals surface area contributed by atoms with Crippen molar-refractivity contribution in [3.05, 3.63) is 76.3 Å². The summed E-state index contributed by atoms with van der Waals surface area (Å²) >= 11 is 3.28. The molecule has 8 nitrogen and oxygen atoms in total. The number of rotatable bonds is 8. The highest BCUT2D eigenvalue weighted by Crippen LogP contribution is 2.33. The summed E-state index contributed by atoms with van der Waals surface area (Å²) in [6, 6.07) is 12.5. The van der Waals surface area contributed by atoms with E-state index in [9.17, 15) is 19.5 Å². The summed E-state index contributed by atoms with van der Waals surface area (Å²) in [6.07, 6.45) is -1.31. The molecular weight excluding hydrogens is 458 g/mol. The molecule has 0 heterocycles. The maximum atomic E-state index is 12.4. The molecule has 30 heavy (non-hydrogen) atoms. The first kappa shape index (κ1) is 23.1. The highest BCUT2D eigenvalue weighted by Gasteiger charge is 2.29. The molecule has 0 spiro atoms. The van der Waals surface area contributed by atoms with E-state index in [2.05, 4.69) is 21.2 Å². The first-order chi connectivity index (χ1) is 14.3. The Hall–Kier alpha value is -3.17. The summed E-state index contributed by atoms with van der Waals surface area (Å²) in [5.74, 6) is -2.09. The molecule has 0 unspecified atom stereocenters. The van der Waals surface area contributed by atoms with Gasteiger partial charge in [-0.2, -0.15) is 0 Å². The fourth-order valence-electron chi connectivity index (χ4n) is 2.57. The van der Waals surface area contributed by atoms with E-state index in [0.717, 1.165) is 6.08 Å². The summed E-state index contributed by atoms with van der Waals surface area (Å²) in [4.78, 5) is 35.6. The van der Waals surface area contributed by atoms with Gasteiger partial charge in [-0.1, -0.05) is 34.1 Å². The van der Waals surface area contributed by atoms with E-state index < -0.39 is 30.2 Å². The summed E-state index contributed by atoms with van der Waals surface area (Å²) in [6.45, 7) is 1.85. The van der Waals surface area contributed by atoms with Crippen LogP contribution in [-0.4, -0.2) is 40.9 Å². The van der Waals surface area contributed by atoms with Crippen molar-refractivity contribution in [3.8, 4) is 5.75 Å². The lowest BCUT2D eigenvalue weighted by atomic mass is 10.0. The van der Waals surface area contributed by atoms with Crippen molar-refractivity contribution in [2.45, 2.75) is 19.1 Å². The van der Waals surface area contributed by atoms with Crippen molar-refractivity contribution in [1.29, 1.82) is 0 Å². The number of hydrogen-bond donors (Lipinski definition) is 3. The van der Waals surface area contributed by atoms with Crippen LogP contribution in [0.5, 0.6) is 5.75 Å². The summed E-state index contributed by atoms with van der Waals surface area (Å²) in [5, 5.41) is 21.3. The van der Waals surface area contributed by atoms with Crippen LogP contribution in [-0.2, 0) is 14.3 Å². The van der Waals surface area contributed by atoms with Gasteiger partial charge in [-0.15, -0.1) is 0 Å². The van der Waals surface area contributed by atoms with E-state index in [1.807, 2.05) is 0 Å². The molecule has 2 amide bonds. The monoisotopic (exact) mass is 477 g/mol. The second-order valence-electron chi connectivity index (χ2n) is 5.97. The van der Waals surface area contributed by atoms with Crippen LogP contribution in [0.4, 0.5) is 4.79 Å². The van der Waals surface area contributed by atoms with Gasteiger partial charge in [-0.05, 0) is 43.3 Å². The molecule has 9 heteroatoms. The maximum absolute atomic E-state index is 12.4. The number of alkyl carbamates (subject to hydrolysis) is 1. The van der Waals surface area contributed by atoms with Crippen molar-refractivity contribution in [1.82, 2.24) is 5.32 Å². The summed E-state index contributed by atoms with van der Waals surface area (Å²) in [5.41, 5.74) is 0.420. The maximum Gasteiger partial charge on any atom is 0.414 e. The normalized spacial score (nSPS) is 12.9. The number of aromatic hydroxyl groups is 1. The van der Waals surface area contributed by atoms with Crippen LogP contribution in [0.3, 0.4) is 0 Å². The fourth-order valence-corrected chi connectivity index (χ4v) is 2.95. The molecule has 2 atom stereocenters. The van der Waals surface area contributed by atoms with Crippen LogP contribution in [0.2, 0.25) is 0 Å². The zero-order valence-electron chi connectivity index (χ0n) is 15.9. The minimum atomic E-state index is -1.23. The first-order valence-electron chi connectivity index (χ1n) is 8.90. The van der Waals surface area contributed by atoms with Gasteiger partial charge in [-0.3, -0.25) is 10.1 Å². The number of nitrogens with one attached hydrogen (secondary N) is 1. The predicted octanol–water partition coefficient (Wildman–Crippen LogP) is 3.81. The SMILES string of the molecule is CCO[C@@H](/C=C/C(=O)O)[C@@H](OC(=O)NC(=O)c1ccccc1)c1cc(Br)ccc1O. The van der Waals surface area contributed by atoms with E-state index in [1.165, 1.54) is 30.3 Å². The smallest absolute Gasteiger partial charge is 0.414 e. The van der Waals surface area contributed by atoms with Crippen molar-refractivity contribution < 1.29 is 34.1 Å². The van der Waals surface area contributed by atoms with E-state index in [1.54, 1.807) is 31.2 Å². The number of halogens is 1. The quantitative estimate of drug-likeness (QED) is 0.494. The third-order valence-corrected chi connectivity index (χ3v) is 4.36. The number of carboxylic acid groups (broad SMARTS) is 1. The molecule has 0 saturated heterocycles. The van der Waals surface area contributed by atoms with Crippen molar-refractivity contribution >= 4 is 33.9 Å². The molecule has 2 aromatic rings. The highest BCUT2D eigenvalue weighted by atomic mass is 79.9. The number of carbonyl (C=O) groups is 3. The van der Waals surface area contributed by atoms with Gasteiger partial charge in [-0.25, -0.2) is 9.59 Å². The predicted molar refractivity (Wildman–Crippen MR) is 111 cm³/mol. The topological polar surface area (TPSA) is 122 Å². The van der Waals surface area contributed by atoms with Crippen LogP contribution in [0, 0.1) is 0 Å². The second-order valence-corrected chi connectivity index (χ2v) is 6.88. The molecule has 0 aliphatic rings. The molecule has 0 fully saturated rings. The highest BCUT2D eigenvalue weighted by molar-refractivity contribution is 9.10. The van der Waals surface area contributed by atoms with Crippen LogP contribution >= 0.6 is 15.9 Å². The number of carbonyl (C=O) groups excluding carboxylic acids is 2. The van der Waals surface area contributed by atoms with Crippen LogP contribution < -0.4 is 5.32 Å². The van der Waals surface area contributed by atoms with Gasteiger partial charge in [0.25, 0.3) is 5.91 Å². The molecule has 0 saturated carbocycles. The number of phenols is 1. The third kappa shape index (κ3) is 6.71. The van der Waals surface area contributed by atoms with E-state index in [4.69, 9.17) is 14.6 Å². The Morgan fingerprint density at radius 3 is 2.50 bits per heavy atom. The molecule has 3 N–H and O–H groups in total. The average molecular weight is 478 g/mol. The molecular formula is C21H20BrNO7. The zero-order chi connectivity index (χ0) is 22.1. The van der Waals surface area contributed by atoms with Gasteiger partial charge in [0.05, 0.1) is 0 Å². The van der Waals surface area contributed by atoms with Gasteiger partial charge in [0.15, 0.2) is 6.10 Å². The Balaban J connectivity index is 2.32. The van der Waals surface area contributed by atoms with Crippen LogP contribution in [0.15, 0.2) is 65.2 Å². The van der Waals surface area contributed by atoms with Gasteiger partial charge in [0.2, 0.25) is 0 Å². The Morgan fingerprint density at radius 2 is 1.87 bits per heavy atom. The molecule has 0 aliphatic heterocycles. The van der Waals surface area contributed by atoms with Gasteiger partial charge < -0.3 is 19.7 Å². The van der Waals surface area contributed by atoms with E-state index in [0.29, 0.717) is 4.47 Å². The Kier molecular flexibility index (Phi) is 8.57. The van der Waals surface area contributed by atoms with Gasteiger partial charge >= 0.3 is 12.1 Å².